The third-order valence-corrected chi connectivity index (χ3v) is 1.48. The summed E-state index contributed by atoms with van der Waals surface area (Å²) in [4.78, 5) is 32.1. The summed E-state index contributed by atoms with van der Waals surface area (Å²) in [7, 11) is 0. The summed E-state index contributed by atoms with van der Waals surface area (Å²) in [6.07, 6.45) is 0.691. The predicted octanol–water partition coefficient (Wildman–Crippen LogP) is -0.206. The Morgan fingerprint density at radius 1 is 1.35 bits per heavy atom. The topological polar surface area (TPSA) is 88.1 Å². The highest BCUT2D eigenvalue weighted by Crippen LogP contribution is 1.94. The number of esters is 2. The summed E-state index contributed by atoms with van der Waals surface area (Å²) in [6, 6.07) is 0. The van der Waals surface area contributed by atoms with Gasteiger partial charge in [0.1, 0.15) is 12.9 Å². The second kappa shape index (κ2) is 9.34. The van der Waals surface area contributed by atoms with E-state index in [1.165, 1.54) is 6.92 Å². The minimum absolute atomic E-state index is 0.214. The van der Waals surface area contributed by atoms with E-state index in [0.717, 1.165) is 6.26 Å². The number of aldehydes is 1. The van der Waals surface area contributed by atoms with E-state index in [1.54, 1.807) is 0 Å². The van der Waals surface area contributed by atoms with Gasteiger partial charge in [-0.25, -0.2) is 9.59 Å². The van der Waals surface area contributed by atoms with Crippen molar-refractivity contribution in [2.24, 2.45) is 0 Å². The molecule has 0 saturated carbocycles. The van der Waals surface area contributed by atoms with Crippen LogP contribution < -0.4 is 0 Å². The third-order valence-electron chi connectivity index (χ3n) is 1.48. The van der Waals surface area contributed by atoms with Gasteiger partial charge in [0.25, 0.3) is 0 Å². The SMILES string of the molecule is C=COCOC(=O)COC(=O)C(C)OCC=O. The molecule has 0 aliphatic carbocycles. The van der Waals surface area contributed by atoms with Crippen LogP contribution in [0.15, 0.2) is 12.8 Å². The monoisotopic (exact) mass is 246 g/mol. The maximum absolute atomic E-state index is 11.2. The molecule has 0 aromatic rings. The minimum atomic E-state index is -0.919. The lowest BCUT2D eigenvalue weighted by Gasteiger charge is -2.10. The summed E-state index contributed by atoms with van der Waals surface area (Å²) < 4.78 is 18.3. The summed E-state index contributed by atoms with van der Waals surface area (Å²) >= 11 is 0. The molecule has 1 atom stereocenters. The largest absolute Gasteiger partial charge is 0.466 e. The van der Waals surface area contributed by atoms with Crippen molar-refractivity contribution in [2.45, 2.75) is 13.0 Å². The van der Waals surface area contributed by atoms with Crippen LogP contribution in [0.5, 0.6) is 0 Å². The Morgan fingerprint density at radius 2 is 2.06 bits per heavy atom. The van der Waals surface area contributed by atoms with Crippen LogP contribution in [0.25, 0.3) is 0 Å². The second-order valence-corrected chi connectivity index (χ2v) is 2.72. The molecule has 0 bridgehead atoms. The van der Waals surface area contributed by atoms with Gasteiger partial charge in [-0.15, -0.1) is 0 Å². The number of hydrogen-bond acceptors (Lipinski definition) is 7. The zero-order valence-corrected chi connectivity index (χ0v) is 9.42. The van der Waals surface area contributed by atoms with Crippen molar-refractivity contribution in [1.29, 1.82) is 0 Å². The maximum Gasteiger partial charge on any atom is 0.347 e. The van der Waals surface area contributed by atoms with Crippen molar-refractivity contribution >= 4 is 18.2 Å². The van der Waals surface area contributed by atoms with Crippen molar-refractivity contribution in [3.63, 3.8) is 0 Å². The van der Waals surface area contributed by atoms with E-state index in [1.807, 2.05) is 0 Å². The third kappa shape index (κ3) is 7.97. The summed E-state index contributed by atoms with van der Waals surface area (Å²) in [6.45, 7) is 3.58. The van der Waals surface area contributed by atoms with Crippen molar-refractivity contribution < 1.29 is 33.3 Å². The zero-order valence-electron chi connectivity index (χ0n) is 9.42. The fourth-order valence-electron chi connectivity index (χ4n) is 0.689. The molecule has 0 heterocycles. The molecule has 1 unspecified atom stereocenters. The molecule has 0 rings (SSSR count). The summed E-state index contributed by atoms with van der Waals surface area (Å²) in [5.41, 5.74) is 0. The highest BCUT2D eigenvalue weighted by atomic mass is 16.7. The number of carbonyl (C=O) groups is 3. The predicted molar refractivity (Wildman–Crippen MR) is 54.7 cm³/mol. The lowest BCUT2D eigenvalue weighted by Crippen LogP contribution is -2.27. The molecule has 0 aromatic heterocycles. The van der Waals surface area contributed by atoms with E-state index < -0.39 is 24.6 Å². The van der Waals surface area contributed by atoms with E-state index in [-0.39, 0.29) is 13.4 Å². The minimum Gasteiger partial charge on any atom is -0.466 e. The fourth-order valence-corrected chi connectivity index (χ4v) is 0.689. The molecule has 96 valence electrons. The summed E-state index contributed by atoms with van der Waals surface area (Å²) in [5.74, 6) is -1.52. The Kier molecular flexibility index (Phi) is 8.31. The van der Waals surface area contributed by atoms with Gasteiger partial charge in [0.15, 0.2) is 12.7 Å². The molecule has 7 nitrogen and oxygen atoms in total. The zero-order chi connectivity index (χ0) is 13.1. The molecular formula is C10H14O7. The molecule has 0 saturated heterocycles. The fraction of sp³-hybridized carbons (Fsp3) is 0.500. The molecular weight excluding hydrogens is 232 g/mol. The van der Waals surface area contributed by atoms with Crippen molar-refractivity contribution in [1.82, 2.24) is 0 Å². The number of rotatable bonds is 9. The van der Waals surface area contributed by atoms with E-state index in [0.29, 0.717) is 6.29 Å². The first-order valence-corrected chi connectivity index (χ1v) is 4.71. The van der Waals surface area contributed by atoms with E-state index >= 15 is 0 Å². The normalized spacial score (nSPS) is 11.1. The number of ether oxygens (including phenoxy) is 4. The van der Waals surface area contributed by atoms with Gasteiger partial charge in [-0.1, -0.05) is 6.58 Å². The Hall–Kier alpha value is -1.89. The smallest absolute Gasteiger partial charge is 0.347 e. The van der Waals surface area contributed by atoms with Gasteiger partial charge >= 0.3 is 11.9 Å². The van der Waals surface area contributed by atoms with Crippen molar-refractivity contribution in [3.05, 3.63) is 12.8 Å². The molecule has 0 spiro atoms. The molecule has 0 amide bonds. The average Bonchev–Trinajstić information content (AvgIpc) is 2.33. The molecule has 0 aliphatic heterocycles. The Bertz CT molecular complexity index is 274. The van der Waals surface area contributed by atoms with Gasteiger partial charge in [-0.3, -0.25) is 0 Å². The highest BCUT2D eigenvalue weighted by Gasteiger charge is 2.16. The van der Waals surface area contributed by atoms with E-state index in [9.17, 15) is 14.4 Å². The molecule has 0 aromatic carbocycles. The first kappa shape index (κ1) is 15.1. The molecule has 0 radical (unpaired) electrons. The lowest BCUT2D eigenvalue weighted by atomic mass is 10.4. The van der Waals surface area contributed by atoms with Gasteiger partial charge in [0, 0.05) is 0 Å². The Morgan fingerprint density at radius 3 is 2.65 bits per heavy atom. The first-order valence-electron chi connectivity index (χ1n) is 4.71. The molecule has 0 fully saturated rings. The Labute approximate surface area is 98.3 Å². The van der Waals surface area contributed by atoms with E-state index in [2.05, 4.69) is 20.8 Å². The number of carbonyl (C=O) groups excluding carboxylic acids is 3. The van der Waals surface area contributed by atoms with Gasteiger partial charge in [-0.2, -0.15) is 0 Å². The van der Waals surface area contributed by atoms with Crippen molar-refractivity contribution in [2.75, 3.05) is 20.0 Å². The van der Waals surface area contributed by atoms with E-state index in [4.69, 9.17) is 4.74 Å². The summed E-state index contributed by atoms with van der Waals surface area (Å²) in [5, 5.41) is 0. The van der Waals surface area contributed by atoms with Crippen LogP contribution in [0.1, 0.15) is 6.92 Å². The highest BCUT2D eigenvalue weighted by molar-refractivity contribution is 5.78. The first-order chi connectivity index (χ1) is 8.11. The second-order valence-electron chi connectivity index (χ2n) is 2.72. The number of hydrogen-bond donors (Lipinski definition) is 0. The van der Waals surface area contributed by atoms with Gasteiger partial charge in [0.05, 0.1) is 6.26 Å². The quantitative estimate of drug-likeness (QED) is 0.183. The average molecular weight is 246 g/mol. The molecule has 0 aliphatic rings. The van der Waals surface area contributed by atoms with Crippen LogP contribution in [-0.2, 0) is 33.3 Å². The van der Waals surface area contributed by atoms with Gasteiger partial charge < -0.3 is 23.7 Å². The van der Waals surface area contributed by atoms with Crippen LogP contribution in [0.4, 0.5) is 0 Å². The standard InChI is InChI=1S/C10H14O7/c1-3-14-7-17-9(12)6-16-10(13)8(2)15-5-4-11/h3-4,8H,1,5-7H2,2H3. The molecule has 7 heteroatoms. The Balaban J connectivity index is 3.70. The maximum atomic E-state index is 11.2. The molecule has 0 N–H and O–H groups in total. The van der Waals surface area contributed by atoms with Crippen molar-refractivity contribution in [3.8, 4) is 0 Å². The van der Waals surface area contributed by atoms with Crippen LogP contribution in [0.3, 0.4) is 0 Å². The van der Waals surface area contributed by atoms with Crippen LogP contribution in [-0.4, -0.2) is 44.3 Å². The van der Waals surface area contributed by atoms with Gasteiger partial charge in [-0.05, 0) is 6.92 Å². The van der Waals surface area contributed by atoms with Crippen LogP contribution in [0, 0.1) is 0 Å². The van der Waals surface area contributed by atoms with Gasteiger partial charge in [0.2, 0.25) is 6.79 Å². The van der Waals surface area contributed by atoms with Crippen LogP contribution >= 0.6 is 0 Å². The lowest BCUT2D eigenvalue weighted by molar-refractivity contribution is -0.169. The van der Waals surface area contributed by atoms with Crippen LogP contribution in [0.2, 0.25) is 0 Å². The molecule has 17 heavy (non-hydrogen) atoms.